The highest BCUT2D eigenvalue weighted by Gasteiger charge is 2.24. The molecule has 2 heterocycles. The highest BCUT2D eigenvalue weighted by molar-refractivity contribution is 5.98. The van der Waals surface area contributed by atoms with Gasteiger partial charge in [0.1, 0.15) is 0 Å². The van der Waals surface area contributed by atoms with Gasteiger partial charge in [0, 0.05) is 12.0 Å². The predicted octanol–water partition coefficient (Wildman–Crippen LogP) is 0.0319. The molecule has 1 saturated heterocycles. The van der Waals surface area contributed by atoms with Gasteiger partial charge in [0.2, 0.25) is 6.79 Å². The van der Waals surface area contributed by atoms with Crippen molar-refractivity contribution >= 4 is 11.9 Å². The molecule has 0 aromatic carbocycles. The van der Waals surface area contributed by atoms with Gasteiger partial charge in [0.05, 0.1) is 5.57 Å². The molecule has 80 valence electrons. The van der Waals surface area contributed by atoms with Crippen LogP contribution in [0.3, 0.4) is 0 Å². The summed E-state index contributed by atoms with van der Waals surface area (Å²) in [4.78, 5) is 22.6. The summed E-state index contributed by atoms with van der Waals surface area (Å²) in [5.74, 6) is -0.962. The molecule has 1 fully saturated rings. The molecular weight excluding hydrogens is 200 g/mol. The minimum atomic E-state index is -0.500. The smallest absolute Gasteiger partial charge is 0.341 e. The normalized spacial score (nSPS) is 19.9. The fraction of sp³-hybridized carbons (Fsp3) is 0.200. The van der Waals surface area contributed by atoms with Crippen LogP contribution in [0.5, 0.6) is 0 Å². The second kappa shape index (κ2) is 4.10. The molecule has 2 N–H and O–H groups in total. The lowest BCUT2D eigenvalue weighted by atomic mass is 9.94. The Morgan fingerprint density at radius 3 is 2.47 bits per heavy atom. The SMILES string of the molecule is C=C1CC2=CC=C1C(=O)OCOC2=O.O. The number of hydrogen-bond donors (Lipinski definition) is 0. The molecule has 15 heavy (non-hydrogen) atoms. The van der Waals surface area contributed by atoms with Crippen LogP contribution in [0.25, 0.3) is 0 Å². The van der Waals surface area contributed by atoms with Gasteiger partial charge in [0.15, 0.2) is 0 Å². The number of allylic oxidation sites excluding steroid dienone is 2. The molecule has 5 heteroatoms. The Balaban J connectivity index is 0.00000112. The van der Waals surface area contributed by atoms with Gasteiger partial charge in [-0.1, -0.05) is 12.7 Å². The first kappa shape index (κ1) is 11.2. The van der Waals surface area contributed by atoms with Crippen LogP contribution in [-0.2, 0) is 19.1 Å². The summed E-state index contributed by atoms with van der Waals surface area (Å²) in [5, 5.41) is 0. The van der Waals surface area contributed by atoms with E-state index >= 15 is 0 Å². The zero-order valence-electron chi connectivity index (χ0n) is 7.91. The quantitative estimate of drug-likeness (QED) is 0.528. The van der Waals surface area contributed by atoms with Crippen LogP contribution in [-0.4, -0.2) is 24.2 Å². The van der Waals surface area contributed by atoms with Crippen molar-refractivity contribution in [1.82, 2.24) is 0 Å². The molecule has 0 radical (unpaired) electrons. The molecule has 5 nitrogen and oxygen atoms in total. The van der Waals surface area contributed by atoms with Gasteiger partial charge in [-0.25, -0.2) is 9.59 Å². The maximum absolute atomic E-state index is 11.3. The lowest BCUT2D eigenvalue weighted by Gasteiger charge is -2.10. The van der Waals surface area contributed by atoms with E-state index in [2.05, 4.69) is 16.1 Å². The first-order chi connectivity index (χ1) is 6.68. The van der Waals surface area contributed by atoms with Crippen LogP contribution in [0.2, 0.25) is 0 Å². The van der Waals surface area contributed by atoms with Crippen LogP contribution in [0.1, 0.15) is 6.42 Å². The largest absolute Gasteiger partial charge is 0.424 e. The topological polar surface area (TPSA) is 84.1 Å². The second-order valence-corrected chi connectivity index (χ2v) is 3.03. The highest BCUT2D eigenvalue weighted by atomic mass is 16.7. The van der Waals surface area contributed by atoms with E-state index in [-0.39, 0.29) is 12.3 Å². The maximum atomic E-state index is 11.3. The van der Waals surface area contributed by atoms with Gasteiger partial charge in [-0.15, -0.1) is 0 Å². The molecule has 3 aliphatic rings. The van der Waals surface area contributed by atoms with E-state index in [4.69, 9.17) is 0 Å². The zero-order chi connectivity index (χ0) is 10.1. The van der Waals surface area contributed by atoms with Crippen molar-refractivity contribution < 1.29 is 24.5 Å². The van der Waals surface area contributed by atoms with E-state index in [1.54, 1.807) is 6.08 Å². The summed E-state index contributed by atoms with van der Waals surface area (Å²) in [5.41, 5.74) is 1.50. The average Bonchev–Trinajstić information content (AvgIpc) is 2.24. The molecule has 0 spiro atoms. The Bertz CT molecular complexity index is 389. The molecule has 0 aromatic rings. The van der Waals surface area contributed by atoms with Gasteiger partial charge in [-0.3, -0.25) is 0 Å². The predicted molar refractivity (Wildman–Crippen MR) is 50.6 cm³/mol. The number of hydrogen-bond acceptors (Lipinski definition) is 4. The molecule has 0 unspecified atom stereocenters. The van der Waals surface area contributed by atoms with Crippen LogP contribution in [0, 0.1) is 0 Å². The minimum absolute atomic E-state index is 0. The molecule has 1 aliphatic carbocycles. The van der Waals surface area contributed by atoms with Crippen molar-refractivity contribution in [3.05, 3.63) is 35.5 Å². The first-order valence-electron chi connectivity index (χ1n) is 4.12. The Kier molecular flexibility index (Phi) is 3.06. The minimum Gasteiger partial charge on any atom is -0.424 e. The van der Waals surface area contributed by atoms with Crippen LogP contribution < -0.4 is 0 Å². The van der Waals surface area contributed by atoms with Crippen molar-refractivity contribution in [2.45, 2.75) is 6.42 Å². The molecule has 0 saturated carbocycles. The molecule has 0 atom stereocenters. The second-order valence-electron chi connectivity index (χ2n) is 3.03. The van der Waals surface area contributed by atoms with Crippen molar-refractivity contribution in [2.24, 2.45) is 0 Å². The number of ether oxygens (including phenoxy) is 2. The Morgan fingerprint density at radius 1 is 1.13 bits per heavy atom. The lowest BCUT2D eigenvalue weighted by molar-refractivity contribution is -0.161. The van der Waals surface area contributed by atoms with E-state index in [1.807, 2.05) is 0 Å². The summed E-state index contributed by atoms with van der Waals surface area (Å²) < 4.78 is 9.38. The fourth-order valence-corrected chi connectivity index (χ4v) is 1.35. The summed E-state index contributed by atoms with van der Waals surface area (Å²) >= 11 is 0. The van der Waals surface area contributed by atoms with Crippen LogP contribution >= 0.6 is 0 Å². The van der Waals surface area contributed by atoms with Crippen molar-refractivity contribution in [2.75, 3.05) is 6.79 Å². The van der Waals surface area contributed by atoms with E-state index in [0.717, 1.165) is 0 Å². The third-order valence-electron chi connectivity index (χ3n) is 2.10. The molecule has 0 amide bonds. The molecular formula is C10H10O5. The molecule has 3 rings (SSSR count). The standard InChI is InChI=1S/C10H8O4.H2O/c1-6-4-7-2-3-8(6)10(12)14-5-13-9(7)11;/h2-3H,1,4-5H2;1H2. The van der Waals surface area contributed by atoms with E-state index in [0.29, 0.717) is 23.1 Å². The Morgan fingerprint density at radius 2 is 1.80 bits per heavy atom. The number of esters is 2. The van der Waals surface area contributed by atoms with E-state index in [9.17, 15) is 9.59 Å². The number of carbonyl (C=O) groups is 2. The molecule has 2 bridgehead atoms. The summed E-state index contributed by atoms with van der Waals surface area (Å²) in [6.45, 7) is 3.37. The third-order valence-corrected chi connectivity index (χ3v) is 2.10. The fourth-order valence-electron chi connectivity index (χ4n) is 1.35. The monoisotopic (exact) mass is 210 g/mol. The lowest BCUT2D eigenvalue weighted by Crippen LogP contribution is -2.11. The number of fused-ring (bicyclic) bond motifs is 6. The zero-order valence-corrected chi connectivity index (χ0v) is 7.91. The molecule has 2 aliphatic heterocycles. The number of rotatable bonds is 0. The molecule has 0 aromatic heterocycles. The first-order valence-corrected chi connectivity index (χ1v) is 4.12. The number of carbonyl (C=O) groups excluding carboxylic acids is 2. The van der Waals surface area contributed by atoms with Crippen molar-refractivity contribution in [3.63, 3.8) is 0 Å². The van der Waals surface area contributed by atoms with E-state index in [1.165, 1.54) is 6.08 Å². The van der Waals surface area contributed by atoms with Crippen molar-refractivity contribution in [1.29, 1.82) is 0 Å². The maximum Gasteiger partial charge on any atom is 0.341 e. The Labute approximate surface area is 86.0 Å². The average molecular weight is 210 g/mol. The van der Waals surface area contributed by atoms with Gasteiger partial charge in [0.25, 0.3) is 0 Å². The van der Waals surface area contributed by atoms with Gasteiger partial charge in [-0.05, 0) is 11.6 Å². The van der Waals surface area contributed by atoms with Gasteiger partial charge >= 0.3 is 11.9 Å². The highest BCUT2D eigenvalue weighted by Crippen LogP contribution is 2.26. The summed E-state index contributed by atoms with van der Waals surface area (Å²) in [7, 11) is 0. The Hall–Kier alpha value is -1.88. The van der Waals surface area contributed by atoms with Crippen LogP contribution in [0.15, 0.2) is 35.5 Å². The third kappa shape index (κ3) is 1.97. The van der Waals surface area contributed by atoms with E-state index < -0.39 is 11.9 Å². The van der Waals surface area contributed by atoms with Gasteiger partial charge in [-0.2, -0.15) is 0 Å². The van der Waals surface area contributed by atoms with Gasteiger partial charge < -0.3 is 14.9 Å². The summed E-state index contributed by atoms with van der Waals surface area (Å²) in [6.07, 6.45) is 3.45. The van der Waals surface area contributed by atoms with Crippen molar-refractivity contribution in [3.8, 4) is 0 Å². The summed E-state index contributed by atoms with van der Waals surface area (Å²) in [6, 6.07) is 0. The van der Waals surface area contributed by atoms with Crippen LogP contribution in [0.4, 0.5) is 0 Å².